The molecule has 3 nitrogen and oxygen atoms in total. The van der Waals surface area contributed by atoms with E-state index in [4.69, 9.17) is 5.73 Å². The van der Waals surface area contributed by atoms with Gasteiger partial charge in [-0.3, -0.25) is 4.79 Å². The van der Waals surface area contributed by atoms with Crippen LogP contribution in [-0.4, -0.2) is 10.4 Å². The molecule has 54 valence electrons. The third-order valence-electron chi connectivity index (χ3n) is 1.39. The molecule has 0 unspecified atom stereocenters. The summed E-state index contributed by atoms with van der Waals surface area (Å²) in [5, 5.41) is 0. The summed E-state index contributed by atoms with van der Waals surface area (Å²) in [6.07, 6.45) is 1.72. The van der Waals surface area contributed by atoms with Crippen LogP contribution in [0.1, 0.15) is 17.4 Å². The second-order valence-electron chi connectivity index (χ2n) is 2.33. The maximum Gasteiger partial charge on any atom is 0.176 e. The fourth-order valence-electron chi connectivity index (χ4n) is 0.940. The van der Waals surface area contributed by atoms with Crippen LogP contribution in [0.2, 0.25) is 0 Å². The molecule has 3 heteroatoms. The summed E-state index contributed by atoms with van der Waals surface area (Å²) in [5.41, 5.74) is 6.73. The number of hydrogen-bond acceptors (Lipinski definition) is 2. The van der Waals surface area contributed by atoms with Gasteiger partial charge < -0.3 is 10.3 Å². The van der Waals surface area contributed by atoms with Gasteiger partial charge in [-0.15, -0.1) is 0 Å². The summed E-state index contributed by atoms with van der Waals surface area (Å²) < 4.78 is 1.72. The predicted octanol–water partition coefficient (Wildman–Crippen LogP) is 0.810. The number of rotatable bonds is 1. The van der Waals surface area contributed by atoms with E-state index in [1.807, 2.05) is 0 Å². The minimum Gasteiger partial charge on any atom is -0.397 e. The van der Waals surface area contributed by atoms with Crippen molar-refractivity contribution in [3.8, 4) is 0 Å². The minimum atomic E-state index is 0.0409. The van der Waals surface area contributed by atoms with Gasteiger partial charge in [-0.2, -0.15) is 0 Å². The molecule has 0 spiro atoms. The first-order valence-electron chi connectivity index (χ1n) is 3.04. The first-order valence-corrected chi connectivity index (χ1v) is 3.04. The normalized spacial score (nSPS) is 9.80. The molecular formula is C7H10N2O. The van der Waals surface area contributed by atoms with Gasteiger partial charge in [0.15, 0.2) is 5.78 Å². The number of aromatic nitrogens is 1. The van der Waals surface area contributed by atoms with Crippen LogP contribution in [0.25, 0.3) is 0 Å². The van der Waals surface area contributed by atoms with Crippen molar-refractivity contribution in [2.45, 2.75) is 6.92 Å². The quantitative estimate of drug-likeness (QED) is 0.584. The van der Waals surface area contributed by atoms with Crippen LogP contribution in [0.3, 0.4) is 0 Å². The summed E-state index contributed by atoms with van der Waals surface area (Å²) >= 11 is 0. The van der Waals surface area contributed by atoms with Crippen LogP contribution in [0, 0.1) is 0 Å². The van der Waals surface area contributed by atoms with E-state index < -0.39 is 0 Å². The highest BCUT2D eigenvalue weighted by Crippen LogP contribution is 2.08. The molecule has 1 heterocycles. The van der Waals surface area contributed by atoms with Gasteiger partial charge >= 0.3 is 0 Å². The number of nitrogens with two attached hydrogens (primary N) is 1. The van der Waals surface area contributed by atoms with Crippen molar-refractivity contribution in [3.63, 3.8) is 0 Å². The summed E-state index contributed by atoms with van der Waals surface area (Å²) in [6, 6.07) is 1.67. The summed E-state index contributed by atoms with van der Waals surface area (Å²) in [5.74, 6) is 0.0409. The molecule has 1 aromatic rings. The highest BCUT2D eigenvalue weighted by Gasteiger charge is 2.03. The molecule has 2 N–H and O–H groups in total. The molecule has 0 aromatic carbocycles. The fraction of sp³-hybridized carbons (Fsp3) is 0.286. The van der Waals surface area contributed by atoms with Gasteiger partial charge in [0.25, 0.3) is 0 Å². The number of carbonyl (C=O) groups is 1. The van der Waals surface area contributed by atoms with E-state index in [2.05, 4.69) is 0 Å². The lowest BCUT2D eigenvalue weighted by atomic mass is 10.3. The van der Waals surface area contributed by atoms with Gasteiger partial charge in [-0.1, -0.05) is 0 Å². The van der Waals surface area contributed by atoms with Crippen LogP contribution < -0.4 is 5.73 Å². The second-order valence-corrected chi connectivity index (χ2v) is 2.33. The number of Topliss-reactive ketones (excluding diaryl/α,β-unsaturated/α-hetero) is 1. The summed E-state index contributed by atoms with van der Waals surface area (Å²) in [4.78, 5) is 10.8. The lowest BCUT2D eigenvalue weighted by Gasteiger charge is -1.94. The Bertz CT molecular complexity index is 263. The smallest absolute Gasteiger partial charge is 0.176 e. The highest BCUT2D eigenvalue weighted by molar-refractivity contribution is 5.93. The number of carbonyl (C=O) groups excluding carboxylic acids is 1. The van der Waals surface area contributed by atoms with Gasteiger partial charge in [-0.25, -0.2) is 0 Å². The molecule has 0 saturated carbocycles. The Morgan fingerprint density at radius 2 is 2.30 bits per heavy atom. The number of hydrogen-bond donors (Lipinski definition) is 1. The average Bonchev–Trinajstić information content (AvgIpc) is 2.10. The lowest BCUT2D eigenvalue weighted by molar-refractivity contribution is 0.101. The molecule has 1 aromatic heterocycles. The van der Waals surface area contributed by atoms with Crippen LogP contribution in [0.4, 0.5) is 5.69 Å². The van der Waals surface area contributed by atoms with E-state index >= 15 is 0 Å². The standard InChI is InChI=1S/C7H10N2O/c1-5(10)7-3-6(8)4-9(7)2/h3-4H,8H2,1-2H3. The number of ketones is 1. The van der Waals surface area contributed by atoms with Crippen LogP contribution in [0.5, 0.6) is 0 Å². The van der Waals surface area contributed by atoms with E-state index in [0.717, 1.165) is 0 Å². The predicted molar refractivity (Wildman–Crippen MR) is 39.8 cm³/mol. The molecule has 0 aliphatic heterocycles. The Morgan fingerprint density at radius 1 is 1.70 bits per heavy atom. The molecule has 0 atom stereocenters. The average molecular weight is 138 g/mol. The van der Waals surface area contributed by atoms with Crippen molar-refractivity contribution < 1.29 is 4.79 Å². The van der Waals surface area contributed by atoms with E-state index in [0.29, 0.717) is 11.4 Å². The monoisotopic (exact) mass is 138 g/mol. The zero-order valence-electron chi connectivity index (χ0n) is 6.09. The van der Waals surface area contributed by atoms with Crippen molar-refractivity contribution in [1.82, 2.24) is 4.57 Å². The zero-order valence-corrected chi connectivity index (χ0v) is 6.09. The molecular weight excluding hydrogens is 128 g/mol. The summed E-state index contributed by atoms with van der Waals surface area (Å²) in [6.45, 7) is 1.52. The van der Waals surface area contributed by atoms with Gasteiger partial charge in [0.1, 0.15) is 0 Å². The number of aryl methyl sites for hydroxylation is 1. The Balaban J connectivity index is 3.15. The second kappa shape index (κ2) is 2.17. The summed E-state index contributed by atoms with van der Waals surface area (Å²) in [7, 11) is 1.80. The lowest BCUT2D eigenvalue weighted by Crippen LogP contribution is -1.99. The van der Waals surface area contributed by atoms with Crippen molar-refractivity contribution in [3.05, 3.63) is 18.0 Å². The maximum atomic E-state index is 10.8. The third kappa shape index (κ3) is 1.03. The number of nitrogen functional groups attached to an aromatic ring is 1. The molecule has 0 aliphatic rings. The molecule has 0 radical (unpaired) electrons. The number of nitrogens with zero attached hydrogens (tertiary/aromatic N) is 1. The van der Waals surface area contributed by atoms with E-state index in [-0.39, 0.29) is 5.78 Å². The fourth-order valence-corrected chi connectivity index (χ4v) is 0.940. The highest BCUT2D eigenvalue weighted by atomic mass is 16.1. The molecule has 1 rings (SSSR count). The molecule has 10 heavy (non-hydrogen) atoms. The maximum absolute atomic E-state index is 10.8. The van der Waals surface area contributed by atoms with Crippen molar-refractivity contribution in [2.24, 2.45) is 7.05 Å². The third-order valence-corrected chi connectivity index (χ3v) is 1.39. The number of anilines is 1. The largest absolute Gasteiger partial charge is 0.397 e. The van der Waals surface area contributed by atoms with E-state index in [1.165, 1.54) is 6.92 Å². The van der Waals surface area contributed by atoms with Crippen LogP contribution in [-0.2, 0) is 7.05 Å². The topological polar surface area (TPSA) is 48.0 Å². The molecule has 0 saturated heterocycles. The zero-order chi connectivity index (χ0) is 7.72. The Hall–Kier alpha value is -1.25. The Kier molecular flexibility index (Phi) is 1.49. The van der Waals surface area contributed by atoms with Gasteiger partial charge in [-0.05, 0) is 6.07 Å². The van der Waals surface area contributed by atoms with Gasteiger partial charge in [0.05, 0.1) is 11.4 Å². The van der Waals surface area contributed by atoms with Crippen LogP contribution in [0.15, 0.2) is 12.3 Å². The van der Waals surface area contributed by atoms with Crippen molar-refractivity contribution in [2.75, 3.05) is 5.73 Å². The SMILES string of the molecule is CC(=O)c1cc(N)cn1C. The van der Waals surface area contributed by atoms with Gasteiger partial charge in [0, 0.05) is 20.2 Å². The van der Waals surface area contributed by atoms with E-state index in [9.17, 15) is 4.79 Å². The molecule has 0 amide bonds. The van der Waals surface area contributed by atoms with Crippen molar-refractivity contribution in [1.29, 1.82) is 0 Å². The molecule has 0 fully saturated rings. The minimum absolute atomic E-state index is 0.0409. The van der Waals surface area contributed by atoms with Gasteiger partial charge in [0.2, 0.25) is 0 Å². The van der Waals surface area contributed by atoms with E-state index in [1.54, 1.807) is 23.9 Å². The Morgan fingerprint density at radius 3 is 2.50 bits per heavy atom. The molecule has 0 aliphatic carbocycles. The first-order chi connectivity index (χ1) is 4.61. The first kappa shape index (κ1) is 6.86. The van der Waals surface area contributed by atoms with Crippen LogP contribution >= 0.6 is 0 Å². The van der Waals surface area contributed by atoms with Crippen molar-refractivity contribution >= 4 is 11.5 Å². The Labute approximate surface area is 59.4 Å². The molecule has 0 bridgehead atoms.